The molecule has 0 spiro atoms. The van der Waals surface area contributed by atoms with E-state index in [0.29, 0.717) is 102 Å². The lowest BCUT2D eigenvalue weighted by molar-refractivity contribution is -0.778. The third-order valence-electron chi connectivity index (χ3n) is 8.48. The monoisotopic (exact) mass is 908 g/mol. The summed E-state index contributed by atoms with van der Waals surface area (Å²) in [4.78, 5) is 0. The minimum absolute atomic E-state index is 0.399. The maximum absolute atomic E-state index is 9.75. The molecule has 346 valence electrons. The maximum Gasteiger partial charge on any atom is 0.673 e. The van der Waals surface area contributed by atoms with Crippen molar-refractivity contribution in [1.29, 1.82) is 0 Å². The molecule has 64 heavy (non-hydrogen) atoms. The molecule has 0 bridgehead atoms. The average molecular weight is 908 g/mol. The number of aromatic nitrogens is 2. The van der Waals surface area contributed by atoms with Crippen molar-refractivity contribution in [3.63, 3.8) is 0 Å². The summed E-state index contributed by atoms with van der Waals surface area (Å²) in [5.74, 6) is 2.73. The van der Waals surface area contributed by atoms with Crippen LogP contribution in [0.4, 0.5) is 34.5 Å². The molecule has 7 rings (SSSR count). The molecule has 0 fully saturated rings. The first-order chi connectivity index (χ1) is 30.8. The Morgan fingerprint density at radius 1 is 0.328 bits per heavy atom. The highest BCUT2D eigenvalue weighted by molar-refractivity contribution is 6.50. The molecule has 4 aromatic carbocycles. The zero-order valence-corrected chi connectivity index (χ0v) is 34.9. The number of nitrogens with zero attached hydrogens (tertiary/aromatic N) is 2. The number of aryl methyl sites for hydroxylation is 2. The van der Waals surface area contributed by atoms with Crippen LogP contribution in [0, 0.1) is 0 Å². The highest BCUT2D eigenvalue weighted by Crippen LogP contribution is 2.34. The minimum atomic E-state index is -6.00. The highest BCUT2D eigenvalue weighted by Gasteiger charge is 2.21. The van der Waals surface area contributed by atoms with Gasteiger partial charge in [0.1, 0.15) is 26.4 Å². The number of pyridine rings is 2. The number of halogens is 8. The Morgan fingerprint density at radius 2 is 0.547 bits per heavy atom. The van der Waals surface area contributed by atoms with Gasteiger partial charge >= 0.3 is 14.5 Å². The number of hydrogen-bond donors (Lipinski definition) is 0. The Hall–Kier alpha value is -5.69. The van der Waals surface area contributed by atoms with Gasteiger partial charge in [-0.3, -0.25) is 0 Å². The van der Waals surface area contributed by atoms with E-state index in [-0.39, 0.29) is 0 Å². The fraction of sp³-hybridized carbons (Fsp3) is 0.318. The van der Waals surface area contributed by atoms with E-state index in [2.05, 4.69) is 82.5 Å². The van der Waals surface area contributed by atoms with Gasteiger partial charge in [0.25, 0.3) is 0 Å². The van der Waals surface area contributed by atoms with Gasteiger partial charge in [-0.05, 0) is 45.8 Å². The number of benzene rings is 4. The first-order valence-electron chi connectivity index (χ1n) is 20.3. The quantitative estimate of drug-likeness (QED) is 0.0991. The van der Waals surface area contributed by atoms with E-state index in [1.807, 2.05) is 60.7 Å². The zero-order valence-electron chi connectivity index (χ0n) is 34.9. The van der Waals surface area contributed by atoms with Crippen LogP contribution in [-0.4, -0.2) is 93.8 Å². The van der Waals surface area contributed by atoms with Gasteiger partial charge in [-0.15, -0.1) is 0 Å². The van der Waals surface area contributed by atoms with Crippen LogP contribution in [0.2, 0.25) is 0 Å². The lowest BCUT2D eigenvalue weighted by Crippen LogP contribution is -2.43. The molecule has 2 aromatic heterocycles. The largest absolute Gasteiger partial charge is 0.673 e. The van der Waals surface area contributed by atoms with Crippen molar-refractivity contribution in [2.24, 2.45) is 0 Å². The van der Waals surface area contributed by atoms with Gasteiger partial charge in [-0.25, -0.2) is 0 Å². The SMILES string of the molecule is F[B-](F)(F)F.F[B-](F)(F)F.c1cc[n+](CC[n+]2ccccc2)cc1.c1ccc2cc3c(cc2c1)OCCOCCOCCOc1cc2ccccc2cc1OCCOCCOCCO3. The van der Waals surface area contributed by atoms with E-state index in [1.165, 1.54) is 0 Å². The van der Waals surface area contributed by atoms with Crippen LogP contribution in [0.3, 0.4) is 0 Å². The van der Waals surface area contributed by atoms with Crippen molar-refractivity contribution in [1.82, 2.24) is 0 Å². The van der Waals surface area contributed by atoms with E-state index in [4.69, 9.17) is 37.9 Å². The molecule has 0 N–H and O–H groups in total. The summed E-state index contributed by atoms with van der Waals surface area (Å²) >= 11 is 0. The van der Waals surface area contributed by atoms with Crippen LogP contribution in [0.15, 0.2) is 134 Å². The molecule has 0 aliphatic carbocycles. The Morgan fingerprint density at radius 3 is 0.781 bits per heavy atom. The fourth-order valence-corrected chi connectivity index (χ4v) is 5.73. The number of fused-ring (bicyclic) bond motifs is 4. The fourth-order valence-electron chi connectivity index (χ4n) is 5.73. The summed E-state index contributed by atoms with van der Waals surface area (Å²) in [5.41, 5.74) is 0. The van der Waals surface area contributed by atoms with Crippen molar-refractivity contribution in [3.8, 4) is 23.0 Å². The van der Waals surface area contributed by atoms with Crippen molar-refractivity contribution in [2.75, 3.05) is 79.3 Å². The Labute approximate surface area is 366 Å². The summed E-state index contributed by atoms with van der Waals surface area (Å²) in [6.07, 6.45) is 8.35. The lowest BCUT2D eigenvalue weighted by atomic mass is 10.1. The van der Waals surface area contributed by atoms with Crippen LogP contribution < -0.4 is 28.1 Å². The van der Waals surface area contributed by atoms with Crippen LogP contribution >= 0.6 is 0 Å². The standard InChI is InChI=1S/C32H36O8.C12H14N2.2BF4/c1-2-6-26-22-30-29(21-25(26)5-1)37-17-13-33-9-10-35-15-19-39-31-23-27-7-3-4-8-28(27)24-32(31)40-20-16-36-12-11-34-14-18-38-30;1-3-7-13(8-4-1)11-12-14-9-5-2-6-10-14;2*2-1(3,4)5/h1-8,21-24H,9-20H2;1-10H,11-12H2;;/q;+2;2*-1. The van der Waals surface area contributed by atoms with Crippen LogP contribution in [0.5, 0.6) is 23.0 Å². The maximum atomic E-state index is 9.75. The van der Waals surface area contributed by atoms with Crippen LogP contribution in [-0.2, 0) is 32.0 Å². The van der Waals surface area contributed by atoms with Crippen molar-refractivity contribution in [2.45, 2.75) is 13.1 Å². The molecule has 3 heterocycles. The number of ether oxygens (including phenoxy) is 8. The predicted molar refractivity (Wildman–Crippen MR) is 227 cm³/mol. The molecule has 20 heteroatoms. The van der Waals surface area contributed by atoms with E-state index in [0.717, 1.165) is 34.6 Å². The van der Waals surface area contributed by atoms with Gasteiger partial charge in [-0.2, -0.15) is 9.13 Å². The molecule has 0 radical (unpaired) electrons. The molecule has 1 aliphatic rings. The molecule has 10 nitrogen and oxygen atoms in total. The van der Waals surface area contributed by atoms with Gasteiger partial charge in [0.05, 0.1) is 52.9 Å². The molecule has 6 aromatic rings. The summed E-state index contributed by atoms with van der Waals surface area (Å²) < 4.78 is 129. The van der Waals surface area contributed by atoms with Gasteiger partial charge in [0.15, 0.2) is 47.8 Å². The Kier molecular flexibility index (Phi) is 22.4. The highest BCUT2D eigenvalue weighted by atomic mass is 19.5. The van der Waals surface area contributed by atoms with Gasteiger partial charge in [0, 0.05) is 24.3 Å². The first kappa shape index (κ1) is 50.9. The average Bonchev–Trinajstić information content (AvgIpc) is 3.26. The van der Waals surface area contributed by atoms with Crippen molar-refractivity contribution in [3.05, 3.63) is 134 Å². The number of rotatable bonds is 3. The van der Waals surface area contributed by atoms with E-state index >= 15 is 0 Å². The van der Waals surface area contributed by atoms with Crippen LogP contribution in [0.25, 0.3) is 21.5 Å². The minimum Gasteiger partial charge on any atom is -0.487 e. The smallest absolute Gasteiger partial charge is 0.487 e. The molecule has 0 atom stereocenters. The van der Waals surface area contributed by atoms with E-state index in [1.54, 1.807) is 0 Å². The summed E-state index contributed by atoms with van der Waals surface area (Å²) in [6.45, 7) is 7.22. The molecule has 0 unspecified atom stereocenters. The zero-order chi connectivity index (χ0) is 45.9. The molecule has 0 amide bonds. The second-order valence-corrected chi connectivity index (χ2v) is 13.4. The van der Waals surface area contributed by atoms with Gasteiger partial charge in [0.2, 0.25) is 13.1 Å². The molecule has 0 saturated heterocycles. The Balaban J connectivity index is 0.000000304. The van der Waals surface area contributed by atoms with E-state index < -0.39 is 14.5 Å². The third kappa shape index (κ3) is 22.6. The molecule has 0 saturated carbocycles. The van der Waals surface area contributed by atoms with Crippen molar-refractivity contribution < 1.29 is 81.6 Å². The predicted octanol–water partition coefficient (Wildman–Crippen LogP) is 8.85. The normalized spacial score (nSPS) is 14.8. The van der Waals surface area contributed by atoms with E-state index in [9.17, 15) is 34.5 Å². The molecular formula is C44H50B2F8N2O8. The molecule has 1 aliphatic heterocycles. The first-order valence-corrected chi connectivity index (χ1v) is 20.3. The van der Waals surface area contributed by atoms with Gasteiger partial charge < -0.3 is 72.4 Å². The summed E-state index contributed by atoms with van der Waals surface area (Å²) in [7, 11) is -12.0. The third-order valence-corrected chi connectivity index (χ3v) is 8.48. The summed E-state index contributed by atoms with van der Waals surface area (Å²) in [6, 6.07) is 36.5. The van der Waals surface area contributed by atoms with Crippen molar-refractivity contribution >= 4 is 36.1 Å². The van der Waals surface area contributed by atoms with Gasteiger partial charge in [-0.1, -0.05) is 60.7 Å². The number of hydrogen-bond acceptors (Lipinski definition) is 8. The molecular weight excluding hydrogens is 858 g/mol. The topological polar surface area (TPSA) is 81.6 Å². The summed E-state index contributed by atoms with van der Waals surface area (Å²) in [5, 5.41) is 4.34. The lowest BCUT2D eigenvalue weighted by Gasteiger charge is -2.16. The van der Waals surface area contributed by atoms with Crippen LogP contribution in [0.1, 0.15) is 0 Å². The Bertz CT molecular complexity index is 1930. The second-order valence-electron chi connectivity index (χ2n) is 13.4. The second kappa shape index (κ2) is 28.2.